The molecule has 3 rings (SSSR count). The maximum atomic E-state index is 12.5. The predicted molar refractivity (Wildman–Crippen MR) is 120 cm³/mol. The third kappa shape index (κ3) is 4.51. The fourth-order valence-electron chi connectivity index (χ4n) is 2.99. The number of rotatable bonds is 5. The second kappa shape index (κ2) is 8.53. The Kier molecular flexibility index (Phi) is 6.09. The molecule has 0 spiro atoms. The first-order valence-electron chi connectivity index (χ1n) is 9.40. The van der Waals surface area contributed by atoms with Gasteiger partial charge in [-0.25, -0.2) is 4.98 Å². The Bertz CT molecular complexity index is 1110. The second-order valence-electron chi connectivity index (χ2n) is 7.13. The molecule has 0 fully saturated rings. The topological polar surface area (TPSA) is 50.3 Å². The first-order valence-corrected chi connectivity index (χ1v) is 10.3. The first-order chi connectivity index (χ1) is 13.8. The summed E-state index contributed by atoms with van der Waals surface area (Å²) in [5, 5.41) is 2.44. The minimum Gasteiger partial charge on any atom is -0.289 e. The lowest BCUT2D eigenvalue weighted by Crippen LogP contribution is -2.23. The van der Waals surface area contributed by atoms with Crippen molar-refractivity contribution in [2.24, 2.45) is 0 Å². The molecule has 148 valence electrons. The van der Waals surface area contributed by atoms with Gasteiger partial charge in [0.2, 0.25) is 5.91 Å². The summed E-state index contributed by atoms with van der Waals surface area (Å²) in [6.45, 7) is 9.56. The van der Waals surface area contributed by atoms with E-state index in [1.807, 2.05) is 69.5 Å². The van der Waals surface area contributed by atoms with E-state index in [0.717, 1.165) is 27.9 Å². The van der Waals surface area contributed by atoms with Crippen molar-refractivity contribution in [2.45, 2.75) is 34.6 Å². The summed E-state index contributed by atoms with van der Waals surface area (Å²) in [4.78, 5) is 31.0. The largest absolute Gasteiger partial charge is 0.289 e. The number of aryl methyl sites for hydroxylation is 3. The van der Waals surface area contributed by atoms with Crippen LogP contribution in [-0.4, -0.2) is 16.7 Å². The Morgan fingerprint density at radius 1 is 1.00 bits per heavy atom. The second-order valence-corrected chi connectivity index (χ2v) is 7.96. The molecule has 4 nitrogen and oxygen atoms in total. The van der Waals surface area contributed by atoms with Crippen molar-refractivity contribution in [1.29, 1.82) is 0 Å². The van der Waals surface area contributed by atoms with E-state index in [1.165, 1.54) is 24.3 Å². The molecule has 0 aliphatic carbocycles. The van der Waals surface area contributed by atoms with Crippen LogP contribution >= 0.6 is 11.3 Å². The zero-order valence-electron chi connectivity index (χ0n) is 17.3. The maximum Gasteiger partial charge on any atom is 0.230 e. The van der Waals surface area contributed by atoms with Gasteiger partial charge in [0.25, 0.3) is 0 Å². The smallest absolute Gasteiger partial charge is 0.230 e. The first kappa shape index (κ1) is 20.7. The van der Waals surface area contributed by atoms with Crippen LogP contribution in [0.4, 0.5) is 10.8 Å². The minimum atomic E-state index is -0.102. The fourth-order valence-corrected chi connectivity index (χ4v) is 3.84. The van der Waals surface area contributed by atoms with Crippen molar-refractivity contribution in [1.82, 2.24) is 4.98 Å². The Morgan fingerprint density at radius 3 is 2.45 bits per heavy atom. The SMILES string of the molecule is CC(=O)N(c1nc(C=CC(=O)c2ccc(C)c(C)c2)cs1)c1cccc(C)c1C. The Hall–Kier alpha value is -3.05. The van der Waals surface area contributed by atoms with E-state index in [2.05, 4.69) is 4.98 Å². The molecule has 1 amide bonds. The number of hydrogen-bond acceptors (Lipinski definition) is 4. The van der Waals surface area contributed by atoms with E-state index >= 15 is 0 Å². The summed E-state index contributed by atoms with van der Waals surface area (Å²) in [5.41, 5.74) is 6.54. The number of nitrogens with zero attached hydrogens (tertiary/aromatic N) is 2. The number of amides is 1. The van der Waals surface area contributed by atoms with Crippen molar-refractivity contribution in [3.8, 4) is 0 Å². The molecule has 0 bridgehead atoms. The van der Waals surface area contributed by atoms with E-state index in [4.69, 9.17) is 0 Å². The molecular weight excluding hydrogens is 380 g/mol. The highest BCUT2D eigenvalue weighted by Crippen LogP contribution is 2.32. The Balaban J connectivity index is 1.86. The lowest BCUT2D eigenvalue weighted by atomic mass is 10.0. The number of hydrogen-bond donors (Lipinski definition) is 0. The zero-order valence-corrected chi connectivity index (χ0v) is 18.1. The van der Waals surface area contributed by atoms with Crippen LogP contribution in [0, 0.1) is 27.7 Å². The van der Waals surface area contributed by atoms with Crippen molar-refractivity contribution in [3.63, 3.8) is 0 Å². The molecule has 0 saturated carbocycles. The van der Waals surface area contributed by atoms with Crippen LogP contribution < -0.4 is 4.90 Å². The monoisotopic (exact) mass is 404 g/mol. The number of aromatic nitrogens is 1. The third-order valence-corrected chi connectivity index (χ3v) is 5.87. The van der Waals surface area contributed by atoms with E-state index in [1.54, 1.807) is 11.0 Å². The summed E-state index contributed by atoms with van der Waals surface area (Å²) < 4.78 is 0. The molecule has 3 aromatic rings. The van der Waals surface area contributed by atoms with Crippen LogP contribution in [0.3, 0.4) is 0 Å². The number of thiazole rings is 1. The highest BCUT2D eigenvalue weighted by atomic mass is 32.1. The molecule has 0 atom stereocenters. The third-order valence-electron chi connectivity index (χ3n) is 5.03. The summed E-state index contributed by atoms with van der Waals surface area (Å²) >= 11 is 1.38. The van der Waals surface area contributed by atoms with Gasteiger partial charge < -0.3 is 0 Å². The van der Waals surface area contributed by atoms with Crippen molar-refractivity contribution in [3.05, 3.63) is 81.4 Å². The molecule has 0 radical (unpaired) electrons. The van der Waals surface area contributed by atoms with Gasteiger partial charge in [-0.2, -0.15) is 0 Å². The van der Waals surface area contributed by atoms with E-state index in [0.29, 0.717) is 16.4 Å². The normalized spacial score (nSPS) is 11.1. The van der Waals surface area contributed by atoms with E-state index < -0.39 is 0 Å². The fraction of sp³-hybridized carbons (Fsp3) is 0.208. The molecule has 1 aromatic heterocycles. The summed E-state index contributed by atoms with van der Waals surface area (Å²) in [7, 11) is 0. The highest BCUT2D eigenvalue weighted by molar-refractivity contribution is 7.14. The lowest BCUT2D eigenvalue weighted by molar-refractivity contribution is -0.115. The van der Waals surface area contributed by atoms with Gasteiger partial charge in [0.05, 0.1) is 11.4 Å². The molecule has 0 saturated heterocycles. The van der Waals surface area contributed by atoms with Gasteiger partial charge in [0, 0.05) is 17.9 Å². The number of ketones is 1. The van der Waals surface area contributed by atoms with E-state index in [9.17, 15) is 9.59 Å². The van der Waals surface area contributed by atoms with Crippen molar-refractivity contribution >= 4 is 39.9 Å². The zero-order chi connectivity index (χ0) is 21.1. The van der Waals surface area contributed by atoms with Gasteiger partial charge in [-0.3, -0.25) is 14.5 Å². The molecule has 0 aliphatic heterocycles. The Labute approximate surface area is 175 Å². The maximum absolute atomic E-state index is 12.5. The highest BCUT2D eigenvalue weighted by Gasteiger charge is 2.20. The van der Waals surface area contributed by atoms with Crippen LogP contribution in [0.1, 0.15) is 45.2 Å². The molecule has 0 unspecified atom stereocenters. The minimum absolute atomic E-state index is 0.0689. The van der Waals surface area contributed by atoms with Crippen LogP contribution in [0.2, 0.25) is 0 Å². The summed E-state index contributed by atoms with van der Waals surface area (Å²) in [6.07, 6.45) is 3.22. The number of carbonyl (C=O) groups is 2. The molecule has 2 aromatic carbocycles. The number of allylic oxidation sites excluding steroid dienone is 1. The van der Waals surface area contributed by atoms with E-state index in [-0.39, 0.29) is 11.7 Å². The molecule has 1 heterocycles. The lowest BCUT2D eigenvalue weighted by Gasteiger charge is -2.21. The van der Waals surface area contributed by atoms with Crippen molar-refractivity contribution in [2.75, 3.05) is 4.90 Å². The van der Waals surface area contributed by atoms with Crippen LogP contribution in [0.5, 0.6) is 0 Å². The van der Waals surface area contributed by atoms with Gasteiger partial charge in [-0.1, -0.05) is 24.3 Å². The van der Waals surface area contributed by atoms with Gasteiger partial charge in [-0.05, 0) is 74.2 Å². The molecule has 29 heavy (non-hydrogen) atoms. The van der Waals surface area contributed by atoms with Crippen molar-refractivity contribution < 1.29 is 9.59 Å². The molecule has 0 aliphatic rings. The van der Waals surface area contributed by atoms with Gasteiger partial charge in [0.15, 0.2) is 10.9 Å². The van der Waals surface area contributed by atoms with Gasteiger partial charge in [-0.15, -0.1) is 11.3 Å². The summed E-state index contributed by atoms with van der Waals surface area (Å²) in [6, 6.07) is 11.6. The predicted octanol–water partition coefficient (Wildman–Crippen LogP) is 5.96. The average molecular weight is 405 g/mol. The standard InChI is InChI=1S/C24H24N2O2S/c1-15-9-10-20(13-17(15)3)23(28)12-11-21-14-29-24(25-21)26(19(5)27)22-8-6-7-16(2)18(22)4/h6-14H,1-5H3. The van der Waals surface area contributed by atoms with Gasteiger partial charge in [0.1, 0.15) is 0 Å². The quantitative estimate of drug-likeness (QED) is 0.389. The summed E-state index contributed by atoms with van der Waals surface area (Å²) in [5.74, 6) is -0.171. The Morgan fingerprint density at radius 2 is 1.76 bits per heavy atom. The van der Waals surface area contributed by atoms with Crippen LogP contribution in [0.15, 0.2) is 47.9 Å². The van der Waals surface area contributed by atoms with Crippen LogP contribution in [0.25, 0.3) is 6.08 Å². The molecule has 5 heteroatoms. The number of benzene rings is 2. The molecular formula is C24H24N2O2S. The average Bonchev–Trinajstić information content (AvgIpc) is 3.14. The van der Waals surface area contributed by atoms with Gasteiger partial charge >= 0.3 is 0 Å². The van der Waals surface area contributed by atoms with Crippen LogP contribution in [-0.2, 0) is 4.79 Å². The molecule has 0 N–H and O–H groups in total. The number of carbonyl (C=O) groups excluding carboxylic acids is 2. The number of anilines is 2.